The molecule has 0 spiro atoms. The van der Waals surface area contributed by atoms with Gasteiger partial charge in [0.25, 0.3) is 0 Å². The topological polar surface area (TPSA) is 92.0 Å². The number of rotatable bonds is 8. The average Bonchev–Trinajstić information content (AvgIpc) is 3.48. The number of nitrogens with one attached hydrogen (secondary N) is 2. The van der Waals surface area contributed by atoms with E-state index in [0.717, 1.165) is 73.6 Å². The first kappa shape index (κ1) is 27.0. The molecule has 2 heterocycles. The smallest absolute Gasteiger partial charge is 0.230 e. The van der Waals surface area contributed by atoms with Gasteiger partial charge in [-0.2, -0.15) is 5.10 Å². The molecule has 4 rings (SSSR count). The second kappa shape index (κ2) is 12.5. The highest BCUT2D eigenvalue weighted by Crippen LogP contribution is 2.35. The number of benzene rings is 1. The van der Waals surface area contributed by atoms with E-state index in [9.17, 15) is 4.79 Å². The fraction of sp³-hybridized carbons (Fsp3) is 0.533. The van der Waals surface area contributed by atoms with Gasteiger partial charge in [0.15, 0.2) is 0 Å². The lowest BCUT2D eigenvalue weighted by Crippen LogP contribution is -2.42. The first-order chi connectivity index (χ1) is 17.9. The van der Waals surface area contributed by atoms with Crippen molar-refractivity contribution in [1.82, 2.24) is 10.3 Å². The lowest BCUT2D eigenvalue weighted by molar-refractivity contribution is -0.135. The first-order valence-electron chi connectivity index (χ1n) is 13.7. The van der Waals surface area contributed by atoms with Crippen LogP contribution in [-0.2, 0) is 9.53 Å². The molecule has 0 saturated carbocycles. The number of hydrazone groups is 1. The number of carbonyl (C=O) groups excluding carboxylic acids is 1. The average molecular weight is 506 g/mol. The summed E-state index contributed by atoms with van der Waals surface area (Å²) in [5.41, 5.74) is 17.0. The molecule has 2 atom stereocenters. The number of likely N-dealkylation sites (tertiary alicyclic amines) is 1. The summed E-state index contributed by atoms with van der Waals surface area (Å²) in [5.74, 6) is 0.888. The predicted molar refractivity (Wildman–Crippen MR) is 151 cm³/mol. The molecule has 0 bridgehead atoms. The molecule has 1 aromatic rings. The molecule has 2 saturated heterocycles. The van der Waals surface area contributed by atoms with Crippen molar-refractivity contribution in [3.8, 4) is 0 Å². The second-order valence-electron chi connectivity index (χ2n) is 10.5. The monoisotopic (exact) mass is 505 g/mol. The molecule has 4 N–H and O–H groups in total. The van der Waals surface area contributed by atoms with E-state index in [1.807, 2.05) is 14.0 Å². The number of nitrogens with two attached hydrogens (primary N) is 1. The van der Waals surface area contributed by atoms with E-state index in [1.54, 1.807) is 6.20 Å². The molecule has 2 aliphatic heterocycles. The lowest BCUT2D eigenvalue weighted by Gasteiger charge is -2.36. The molecule has 1 amide bonds. The number of nitrogens with zero attached hydrogens (tertiary/aromatic N) is 2. The van der Waals surface area contributed by atoms with E-state index < -0.39 is 0 Å². The van der Waals surface area contributed by atoms with Crippen molar-refractivity contribution < 1.29 is 9.53 Å². The Hall–Kier alpha value is -3.06. The van der Waals surface area contributed by atoms with Crippen LogP contribution in [0.2, 0.25) is 0 Å². The Morgan fingerprint density at radius 1 is 1.22 bits per heavy atom. The summed E-state index contributed by atoms with van der Waals surface area (Å²) >= 11 is 0. The Kier molecular flexibility index (Phi) is 9.09. The van der Waals surface area contributed by atoms with E-state index in [0.29, 0.717) is 18.9 Å². The highest BCUT2D eigenvalue weighted by molar-refractivity contribution is 6.00. The van der Waals surface area contributed by atoms with Crippen molar-refractivity contribution in [2.45, 2.75) is 58.8 Å². The summed E-state index contributed by atoms with van der Waals surface area (Å²) < 4.78 is 5.42. The number of ether oxygens (including phenoxy) is 1. The van der Waals surface area contributed by atoms with Gasteiger partial charge in [-0.05, 0) is 80.7 Å². The second-order valence-corrected chi connectivity index (χ2v) is 10.5. The molecule has 3 aliphatic rings. The van der Waals surface area contributed by atoms with Gasteiger partial charge in [0.1, 0.15) is 0 Å². The van der Waals surface area contributed by atoms with Crippen molar-refractivity contribution in [2.24, 2.45) is 22.7 Å². The molecular weight excluding hydrogens is 462 g/mol. The van der Waals surface area contributed by atoms with Crippen LogP contribution in [0.3, 0.4) is 0 Å². The highest BCUT2D eigenvalue weighted by atomic mass is 16.5. The van der Waals surface area contributed by atoms with Crippen molar-refractivity contribution in [2.75, 3.05) is 38.7 Å². The van der Waals surface area contributed by atoms with Crippen molar-refractivity contribution in [1.29, 1.82) is 0 Å². The minimum Gasteiger partial charge on any atom is -0.401 e. The summed E-state index contributed by atoms with van der Waals surface area (Å²) in [4.78, 5) is 15.7. The van der Waals surface area contributed by atoms with Crippen LogP contribution in [0.25, 0.3) is 0 Å². The Morgan fingerprint density at radius 2 is 1.95 bits per heavy atom. The summed E-state index contributed by atoms with van der Waals surface area (Å²) in [6.07, 6.45) is 8.55. The SMILES string of the molecule is CCC1=C(/C(C)=N/N/C=C(/N)C2CCOC2)CC(C(=O)N2CCC(c3ccc(NC)cc3)CC2)C(C)=C1. The van der Waals surface area contributed by atoms with Gasteiger partial charge >= 0.3 is 0 Å². The number of anilines is 1. The van der Waals surface area contributed by atoms with Crippen molar-refractivity contribution >= 4 is 17.3 Å². The summed E-state index contributed by atoms with van der Waals surface area (Å²) in [7, 11) is 1.94. The van der Waals surface area contributed by atoms with Crippen LogP contribution < -0.4 is 16.5 Å². The molecule has 1 aliphatic carbocycles. The molecule has 7 nitrogen and oxygen atoms in total. The molecule has 2 fully saturated rings. The minimum absolute atomic E-state index is 0.127. The quantitative estimate of drug-likeness (QED) is 0.345. The largest absolute Gasteiger partial charge is 0.401 e. The van der Waals surface area contributed by atoms with Crippen LogP contribution in [0.15, 0.2) is 64.1 Å². The van der Waals surface area contributed by atoms with Crippen LogP contribution >= 0.6 is 0 Å². The Bertz CT molecular complexity index is 1070. The summed E-state index contributed by atoms with van der Waals surface area (Å²) in [6.45, 7) is 9.33. The third kappa shape index (κ3) is 6.45. The maximum absolute atomic E-state index is 13.7. The Balaban J connectivity index is 1.38. The maximum atomic E-state index is 13.7. The molecule has 200 valence electrons. The number of allylic oxidation sites excluding steroid dienone is 3. The molecular formula is C30H43N5O2. The number of hydrogen-bond acceptors (Lipinski definition) is 6. The van der Waals surface area contributed by atoms with Crippen molar-refractivity contribution in [3.63, 3.8) is 0 Å². The first-order valence-corrected chi connectivity index (χ1v) is 13.7. The molecule has 0 radical (unpaired) electrons. The number of piperidine rings is 1. The molecule has 2 unspecified atom stereocenters. The van der Waals surface area contributed by atoms with Crippen molar-refractivity contribution in [3.05, 3.63) is 64.5 Å². The zero-order valence-corrected chi connectivity index (χ0v) is 22.8. The van der Waals surface area contributed by atoms with Crippen LogP contribution in [0.4, 0.5) is 5.69 Å². The standard InChI is InChI=1S/C30H43N5O2/c1-5-22-16-20(2)27(17-28(22)21(3)34-33-18-29(31)25-12-15-37-19-25)30(36)35-13-10-24(11-14-35)23-6-8-26(32-4)9-7-23/h6-9,16,18,24-25,27,32-33H,5,10-15,17,19,31H2,1-4H3/b29-18+,34-21+. The minimum atomic E-state index is -0.127. The van der Waals surface area contributed by atoms with Gasteiger partial charge in [-0.25, -0.2) is 0 Å². The van der Waals surface area contributed by atoms with E-state index in [1.165, 1.54) is 11.1 Å². The maximum Gasteiger partial charge on any atom is 0.230 e. The van der Waals surface area contributed by atoms with E-state index >= 15 is 0 Å². The van der Waals surface area contributed by atoms with Crippen LogP contribution in [0.1, 0.15) is 64.4 Å². The van der Waals surface area contributed by atoms with Gasteiger partial charge in [0.05, 0.1) is 18.2 Å². The van der Waals surface area contributed by atoms with Crippen LogP contribution in [-0.4, -0.2) is 49.9 Å². The Labute approximate surface area is 221 Å². The fourth-order valence-corrected chi connectivity index (χ4v) is 5.70. The normalized spacial score (nSPS) is 23.8. The third-order valence-electron chi connectivity index (χ3n) is 8.21. The molecule has 1 aromatic carbocycles. The van der Waals surface area contributed by atoms with Gasteiger partial charge < -0.3 is 20.7 Å². The molecule has 37 heavy (non-hydrogen) atoms. The zero-order chi connectivity index (χ0) is 26.4. The highest BCUT2D eigenvalue weighted by Gasteiger charge is 2.33. The van der Waals surface area contributed by atoms with Gasteiger partial charge in [0.2, 0.25) is 5.91 Å². The lowest BCUT2D eigenvalue weighted by atomic mass is 9.80. The van der Waals surface area contributed by atoms with Gasteiger partial charge in [-0.1, -0.05) is 30.7 Å². The fourth-order valence-electron chi connectivity index (χ4n) is 5.70. The summed E-state index contributed by atoms with van der Waals surface area (Å²) in [6, 6.07) is 8.69. The van der Waals surface area contributed by atoms with Gasteiger partial charge in [-0.15, -0.1) is 0 Å². The third-order valence-corrected chi connectivity index (χ3v) is 8.21. The van der Waals surface area contributed by atoms with Crippen LogP contribution in [0.5, 0.6) is 0 Å². The van der Waals surface area contributed by atoms with E-state index in [2.05, 4.69) is 64.9 Å². The van der Waals surface area contributed by atoms with E-state index in [-0.39, 0.29) is 17.7 Å². The van der Waals surface area contributed by atoms with Crippen LogP contribution in [0, 0.1) is 11.8 Å². The van der Waals surface area contributed by atoms with E-state index in [4.69, 9.17) is 10.5 Å². The predicted octanol–water partition coefficient (Wildman–Crippen LogP) is 4.91. The van der Waals surface area contributed by atoms with Gasteiger partial charge in [-0.3, -0.25) is 10.2 Å². The summed E-state index contributed by atoms with van der Waals surface area (Å²) in [5, 5.41) is 7.78. The zero-order valence-electron chi connectivity index (χ0n) is 22.8. The van der Waals surface area contributed by atoms with Gasteiger partial charge in [0, 0.05) is 50.2 Å². The Morgan fingerprint density at radius 3 is 2.57 bits per heavy atom. The number of hydrogen-bond donors (Lipinski definition) is 3. The number of amides is 1. The molecule has 0 aromatic heterocycles. The number of carbonyl (C=O) groups is 1. The molecule has 7 heteroatoms.